The molecule has 116 valence electrons. The molecular formula is C15H17N3O3S. The van der Waals surface area contributed by atoms with Gasteiger partial charge in [0.1, 0.15) is 5.75 Å². The first-order chi connectivity index (χ1) is 10.6. The van der Waals surface area contributed by atoms with E-state index in [2.05, 4.69) is 15.6 Å². The number of nitrogens with zero attached hydrogens (tertiary/aromatic N) is 1. The number of anilines is 1. The minimum absolute atomic E-state index is 0.123. The molecule has 0 aliphatic carbocycles. The summed E-state index contributed by atoms with van der Waals surface area (Å²) in [4.78, 5) is 27.0. The number of carbonyl (C=O) groups excluding carboxylic acids is 2. The van der Waals surface area contributed by atoms with E-state index in [1.54, 1.807) is 12.5 Å². The summed E-state index contributed by atoms with van der Waals surface area (Å²) in [6.45, 7) is 1.85. The van der Waals surface area contributed by atoms with Gasteiger partial charge in [0.05, 0.1) is 19.2 Å². The molecular weight excluding hydrogens is 302 g/mol. The first kappa shape index (κ1) is 16.0. The first-order valence-electron chi connectivity index (χ1n) is 6.68. The van der Waals surface area contributed by atoms with Gasteiger partial charge in [0, 0.05) is 18.8 Å². The van der Waals surface area contributed by atoms with Crippen LogP contribution < -0.4 is 15.4 Å². The average Bonchev–Trinajstić information content (AvgIpc) is 2.91. The van der Waals surface area contributed by atoms with Crippen molar-refractivity contribution in [1.29, 1.82) is 0 Å². The predicted molar refractivity (Wildman–Crippen MR) is 85.0 cm³/mol. The number of ether oxygens (including phenoxy) is 1. The summed E-state index contributed by atoms with van der Waals surface area (Å²) < 4.78 is 5.14. The van der Waals surface area contributed by atoms with Gasteiger partial charge in [-0.05, 0) is 17.7 Å². The van der Waals surface area contributed by atoms with E-state index in [4.69, 9.17) is 4.74 Å². The second-order valence-electron chi connectivity index (χ2n) is 4.63. The summed E-state index contributed by atoms with van der Waals surface area (Å²) in [5.41, 5.74) is 1.60. The Bertz CT molecular complexity index is 670. The lowest BCUT2D eigenvalue weighted by Crippen LogP contribution is -2.24. The minimum Gasteiger partial charge on any atom is -0.497 e. The molecule has 1 aromatic carbocycles. The van der Waals surface area contributed by atoms with E-state index in [0.717, 1.165) is 11.3 Å². The van der Waals surface area contributed by atoms with Crippen molar-refractivity contribution < 1.29 is 14.3 Å². The monoisotopic (exact) mass is 319 g/mol. The number of nitrogens with one attached hydrogen (secondary N) is 2. The van der Waals surface area contributed by atoms with Gasteiger partial charge in [-0.15, -0.1) is 11.3 Å². The quantitative estimate of drug-likeness (QED) is 0.853. The number of carbonyl (C=O) groups is 2. The van der Waals surface area contributed by atoms with Gasteiger partial charge in [-0.3, -0.25) is 9.59 Å². The molecule has 0 bridgehead atoms. The summed E-state index contributed by atoms with van der Waals surface area (Å²) >= 11 is 1.30. The van der Waals surface area contributed by atoms with E-state index in [1.807, 2.05) is 24.3 Å². The van der Waals surface area contributed by atoms with Crippen molar-refractivity contribution in [3.8, 4) is 5.75 Å². The molecule has 0 aliphatic heterocycles. The highest BCUT2D eigenvalue weighted by molar-refractivity contribution is 7.13. The molecule has 0 saturated carbocycles. The third-order valence-corrected chi connectivity index (χ3v) is 3.61. The molecule has 1 heterocycles. The van der Waals surface area contributed by atoms with Crippen molar-refractivity contribution in [2.45, 2.75) is 19.9 Å². The molecule has 0 radical (unpaired) electrons. The maximum absolute atomic E-state index is 11.9. The molecule has 0 unspecified atom stereocenters. The van der Waals surface area contributed by atoms with Crippen molar-refractivity contribution in [1.82, 2.24) is 10.3 Å². The maximum Gasteiger partial charge on any atom is 0.226 e. The molecule has 7 heteroatoms. The highest BCUT2D eigenvalue weighted by atomic mass is 32.1. The van der Waals surface area contributed by atoms with Crippen LogP contribution in [0, 0.1) is 0 Å². The summed E-state index contributed by atoms with van der Waals surface area (Å²) in [6.07, 6.45) is 0.181. The zero-order valence-electron chi connectivity index (χ0n) is 12.4. The normalized spacial score (nSPS) is 10.1. The van der Waals surface area contributed by atoms with Crippen molar-refractivity contribution in [3.63, 3.8) is 0 Å². The lowest BCUT2D eigenvalue weighted by atomic mass is 10.2. The van der Waals surface area contributed by atoms with Crippen LogP contribution >= 0.6 is 11.3 Å². The van der Waals surface area contributed by atoms with Gasteiger partial charge in [-0.1, -0.05) is 12.1 Å². The molecule has 2 amide bonds. The number of rotatable bonds is 6. The lowest BCUT2D eigenvalue weighted by molar-refractivity contribution is -0.120. The number of methoxy groups -OCH3 is 1. The van der Waals surface area contributed by atoms with Gasteiger partial charge in [0.15, 0.2) is 5.13 Å². The van der Waals surface area contributed by atoms with Gasteiger partial charge in [-0.2, -0.15) is 0 Å². The van der Waals surface area contributed by atoms with Crippen LogP contribution in [0.4, 0.5) is 5.13 Å². The molecule has 0 aliphatic rings. The van der Waals surface area contributed by atoms with Crippen molar-refractivity contribution >= 4 is 28.3 Å². The largest absolute Gasteiger partial charge is 0.497 e. The van der Waals surface area contributed by atoms with E-state index in [9.17, 15) is 9.59 Å². The molecule has 0 saturated heterocycles. The molecule has 2 aromatic rings. The lowest BCUT2D eigenvalue weighted by Gasteiger charge is -2.06. The van der Waals surface area contributed by atoms with Crippen LogP contribution in [0.1, 0.15) is 18.2 Å². The van der Waals surface area contributed by atoms with Crippen molar-refractivity contribution in [2.75, 3.05) is 12.4 Å². The Labute approximate surface area is 132 Å². The maximum atomic E-state index is 11.9. The Morgan fingerprint density at radius 2 is 2.18 bits per heavy atom. The fourth-order valence-electron chi connectivity index (χ4n) is 1.81. The highest BCUT2D eigenvalue weighted by Gasteiger charge is 2.08. The molecule has 0 atom stereocenters. The standard InChI is InChI=1S/C15H17N3O3S/c1-10(19)17-15-18-12(9-22-15)7-14(20)16-8-11-4-3-5-13(6-11)21-2/h3-6,9H,7-8H2,1-2H3,(H,16,20)(H,17,18,19). The van der Waals surface area contributed by atoms with Crippen LogP contribution in [0.15, 0.2) is 29.6 Å². The number of hydrogen-bond acceptors (Lipinski definition) is 5. The Kier molecular flexibility index (Phi) is 5.48. The molecule has 0 fully saturated rings. The van der Waals surface area contributed by atoms with E-state index in [1.165, 1.54) is 18.3 Å². The number of thiazole rings is 1. The fourth-order valence-corrected chi connectivity index (χ4v) is 2.56. The van der Waals surface area contributed by atoms with Crippen LogP contribution in [0.3, 0.4) is 0 Å². The minimum atomic E-state index is -0.177. The van der Waals surface area contributed by atoms with E-state index in [-0.39, 0.29) is 18.2 Å². The first-order valence-corrected chi connectivity index (χ1v) is 7.56. The van der Waals surface area contributed by atoms with Crippen LogP contribution in [0.5, 0.6) is 5.75 Å². The predicted octanol–water partition coefficient (Wildman–Crippen LogP) is 1.97. The number of aromatic nitrogens is 1. The second-order valence-corrected chi connectivity index (χ2v) is 5.49. The Morgan fingerprint density at radius 1 is 1.36 bits per heavy atom. The van der Waals surface area contributed by atoms with Gasteiger partial charge >= 0.3 is 0 Å². The third kappa shape index (κ3) is 4.85. The van der Waals surface area contributed by atoms with Crippen molar-refractivity contribution in [3.05, 3.63) is 40.9 Å². The molecule has 1 aromatic heterocycles. The van der Waals surface area contributed by atoms with Gasteiger partial charge < -0.3 is 15.4 Å². The summed E-state index contributed by atoms with van der Waals surface area (Å²) in [7, 11) is 1.60. The summed E-state index contributed by atoms with van der Waals surface area (Å²) in [5, 5.41) is 7.69. The van der Waals surface area contributed by atoms with Crippen LogP contribution in [-0.4, -0.2) is 23.9 Å². The van der Waals surface area contributed by atoms with Gasteiger partial charge in [-0.25, -0.2) is 4.98 Å². The Morgan fingerprint density at radius 3 is 2.91 bits per heavy atom. The number of hydrogen-bond donors (Lipinski definition) is 2. The zero-order chi connectivity index (χ0) is 15.9. The smallest absolute Gasteiger partial charge is 0.226 e. The third-order valence-electron chi connectivity index (χ3n) is 2.80. The fraction of sp³-hybridized carbons (Fsp3) is 0.267. The van der Waals surface area contributed by atoms with E-state index < -0.39 is 0 Å². The molecule has 0 spiro atoms. The number of benzene rings is 1. The van der Waals surface area contributed by atoms with E-state index in [0.29, 0.717) is 17.4 Å². The van der Waals surface area contributed by atoms with Gasteiger partial charge in [0.2, 0.25) is 11.8 Å². The topological polar surface area (TPSA) is 80.3 Å². The average molecular weight is 319 g/mol. The van der Waals surface area contributed by atoms with E-state index >= 15 is 0 Å². The van der Waals surface area contributed by atoms with Crippen LogP contribution in [-0.2, 0) is 22.6 Å². The molecule has 2 rings (SSSR count). The summed E-state index contributed by atoms with van der Waals surface area (Å²) in [6, 6.07) is 7.52. The Hall–Kier alpha value is -2.41. The molecule has 6 nitrogen and oxygen atoms in total. The van der Waals surface area contributed by atoms with Crippen LogP contribution in [0.25, 0.3) is 0 Å². The Balaban J connectivity index is 1.84. The SMILES string of the molecule is COc1cccc(CNC(=O)Cc2csc(NC(C)=O)n2)c1. The molecule has 22 heavy (non-hydrogen) atoms. The van der Waals surface area contributed by atoms with Crippen molar-refractivity contribution in [2.24, 2.45) is 0 Å². The zero-order valence-corrected chi connectivity index (χ0v) is 13.2. The van der Waals surface area contributed by atoms with Gasteiger partial charge in [0.25, 0.3) is 0 Å². The second kappa shape index (κ2) is 7.56. The number of amides is 2. The van der Waals surface area contributed by atoms with Crippen LogP contribution in [0.2, 0.25) is 0 Å². The summed E-state index contributed by atoms with van der Waals surface area (Å²) in [5.74, 6) is 0.456. The highest BCUT2D eigenvalue weighted by Crippen LogP contribution is 2.16. The molecule has 2 N–H and O–H groups in total.